The minimum absolute atomic E-state index is 0.375. The molecule has 1 N–H and O–H groups in total. The Morgan fingerprint density at radius 2 is 1.50 bits per heavy atom. The van der Waals surface area contributed by atoms with Gasteiger partial charge in [-0.1, -0.05) is 6.92 Å². The fourth-order valence-electron chi connectivity index (χ4n) is 2.04. The summed E-state index contributed by atoms with van der Waals surface area (Å²) in [7, 11) is 0. The standard InChI is InChI=1S/C13H18F3NO5/c1-5-9(20)17-12(13(14,15)16,11(21)22-6-2)10(7(3)18)8(4)19/h10H,5-6H2,1-4H3,(H,17,20). The van der Waals surface area contributed by atoms with Crippen LogP contribution < -0.4 is 5.32 Å². The Labute approximate surface area is 125 Å². The Hall–Kier alpha value is -1.93. The average Bonchev–Trinajstić information content (AvgIpc) is 2.35. The first-order chi connectivity index (χ1) is 9.95. The second-order valence-corrected chi connectivity index (χ2v) is 4.58. The second kappa shape index (κ2) is 7.37. The lowest BCUT2D eigenvalue weighted by Crippen LogP contribution is -2.71. The molecular weight excluding hydrogens is 307 g/mol. The van der Waals surface area contributed by atoms with Crippen LogP contribution in [0.15, 0.2) is 0 Å². The van der Waals surface area contributed by atoms with Crippen LogP contribution in [-0.4, -0.2) is 41.8 Å². The maximum Gasteiger partial charge on any atom is 0.423 e. The summed E-state index contributed by atoms with van der Waals surface area (Å²) < 4.78 is 45.2. The number of esters is 1. The van der Waals surface area contributed by atoms with Crippen molar-refractivity contribution in [2.24, 2.45) is 5.92 Å². The smallest absolute Gasteiger partial charge is 0.423 e. The third-order valence-electron chi connectivity index (χ3n) is 2.95. The van der Waals surface area contributed by atoms with Gasteiger partial charge in [-0.3, -0.25) is 14.4 Å². The topological polar surface area (TPSA) is 89.5 Å². The summed E-state index contributed by atoms with van der Waals surface area (Å²) in [4.78, 5) is 46.6. The van der Waals surface area contributed by atoms with Gasteiger partial charge in [0.15, 0.2) is 0 Å². The van der Waals surface area contributed by atoms with Crippen LogP contribution in [0.2, 0.25) is 0 Å². The van der Waals surface area contributed by atoms with E-state index in [0.29, 0.717) is 0 Å². The first kappa shape index (κ1) is 20.1. The van der Waals surface area contributed by atoms with E-state index < -0.39 is 47.7 Å². The zero-order chi connectivity index (χ0) is 17.7. The van der Waals surface area contributed by atoms with Crippen molar-refractivity contribution >= 4 is 23.4 Å². The summed E-state index contributed by atoms with van der Waals surface area (Å²) in [6.45, 7) is 3.59. The number of carbonyl (C=O) groups excluding carboxylic acids is 4. The maximum atomic E-state index is 13.6. The van der Waals surface area contributed by atoms with Gasteiger partial charge in [-0.05, 0) is 20.8 Å². The van der Waals surface area contributed by atoms with Gasteiger partial charge in [0.25, 0.3) is 5.54 Å². The van der Waals surface area contributed by atoms with Crippen molar-refractivity contribution in [2.75, 3.05) is 6.61 Å². The molecule has 0 radical (unpaired) electrons. The van der Waals surface area contributed by atoms with Crippen molar-refractivity contribution in [3.63, 3.8) is 0 Å². The van der Waals surface area contributed by atoms with E-state index >= 15 is 0 Å². The fourth-order valence-corrected chi connectivity index (χ4v) is 2.04. The number of hydrogen-bond acceptors (Lipinski definition) is 5. The van der Waals surface area contributed by atoms with E-state index in [1.807, 2.05) is 0 Å². The largest absolute Gasteiger partial charge is 0.464 e. The number of rotatable bonds is 7. The Morgan fingerprint density at radius 3 is 1.77 bits per heavy atom. The molecule has 0 rings (SSSR count). The number of amides is 1. The summed E-state index contributed by atoms with van der Waals surface area (Å²) in [6, 6.07) is 0. The fraction of sp³-hybridized carbons (Fsp3) is 0.692. The second-order valence-electron chi connectivity index (χ2n) is 4.58. The monoisotopic (exact) mass is 325 g/mol. The van der Waals surface area contributed by atoms with E-state index in [1.54, 1.807) is 0 Å². The van der Waals surface area contributed by atoms with Gasteiger partial charge in [0, 0.05) is 6.42 Å². The molecule has 0 saturated carbocycles. The van der Waals surface area contributed by atoms with Crippen LogP contribution in [0.5, 0.6) is 0 Å². The Morgan fingerprint density at radius 1 is 1.05 bits per heavy atom. The van der Waals surface area contributed by atoms with Gasteiger partial charge < -0.3 is 10.1 Å². The van der Waals surface area contributed by atoms with Crippen LogP contribution in [0.1, 0.15) is 34.1 Å². The molecule has 0 saturated heterocycles. The number of carbonyl (C=O) groups is 4. The molecule has 1 unspecified atom stereocenters. The van der Waals surface area contributed by atoms with Gasteiger partial charge in [-0.25, -0.2) is 4.79 Å². The van der Waals surface area contributed by atoms with Gasteiger partial charge in [0.05, 0.1) is 6.61 Å². The minimum Gasteiger partial charge on any atom is -0.464 e. The van der Waals surface area contributed by atoms with E-state index in [-0.39, 0.29) is 6.42 Å². The molecule has 0 aromatic rings. The predicted octanol–water partition coefficient (Wildman–Crippen LogP) is 1.17. The molecule has 1 amide bonds. The van der Waals surface area contributed by atoms with Crippen LogP contribution in [0, 0.1) is 5.92 Å². The average molecular weight is 325 g/mol. The highest BCUT2D eigenvalue weighted by Crippen LogP contribution is 2.39. The SMILES string of the molecule is CCOC(=O)C(NC(=O)CC)(C(C(C)=O)C(C)=O)C(F)(F)F. The van der Waals surface area contributed by atoms with Gasteiger partial charge in [-0.15, -0.1) is 0 Å². The summed E-state index contributed by atoms with van der Waals surface area (Å²) in [5, 5.41) is 1.49. The molecule has 0 heterocycles. The van der Waals surface area contributed by atoms with Crippen LogP contribution in [0.4, 0.5) is 13.2 Å². The minimum atomic E-state index is -5.40. The van der Waals surface area contributed by atoms with Crippen LogP contribution in [-0.2, 0) is 23.9 Å². The highest BCUT2D eigenvalue weighted by atomic mass is 19.4. The predicted molar refractivity (Wildman–Crippen MR) is 68.7 cm³/mol. The van der Waals surface area contributed by atoms with Crippen molar-refractivity contribution in [3.05, 3.63) is 0 Å². The van der Waals surface area contributed by atoms with Gasteiger partial charge in [-0.2, -0.15) is 13.2 Å². The number of ether oxygens (including phenoxy) is 1. The summed E-state index contributed by atoms with van der Waals surface area (Å²) in [6.07, 6.45) is -5.77. The molecule has 0 aliphatic heterocycles. The normalized spacial score (nSPS) is 14.2. The van der Waals surface area contributed by atoms with Gasteiger partial charge in [0.2, 0.25) is 5.91 Å². The van der Waals surface area contributed by atoms with Crippen molar-refractivity contribution in [3.8, 4) is 0 Å². The quantitative estimate of drug-likeness (QED) is 0.560. The molecule has 1 atom stereocenters. The molecule has 22 heavy (non-hydrogen) atoms. The molecule has 0 bridgehead atoms. The highest BCUT2D eigenvalue weighted by molar-refractivity contribution is 6.08. The van der Waals surface area contributed by atoms with Crippen molar-refractivity contribution in [1.82, 2.24) is 5.32 Å². The molecule has 0 aliphatic rings. The van der Waals surface area contributed by atoms with Crippen molar-refractivity contribution in [1.29, 1.82) is 0 Å². The third kappa shape index (κ3) is 3.83. The first-order valence-corrected chi connectivity index (χ1v) is 6.51. The first-order valence-electron chi connectivity index (χ1n) is 6.51. The Bertz CT molecular complexity index is 461. The number of hydrogen-bond donors (Lipinski definition) is 1. The zero-order valence-electron chi connectivity index (χ0n) is 12.7. The van der Waals surface area contributed by atoms with Crippen LogP contribution in [0.25, 0.3) is 0 Å². The molecule has 9 heteroatoms. The molecule has 0 fully saturated rings. The van der Waals surface area contributed by atoms with Crippen molar-refractivity contribution in [2.45, 2.75) is 45.8 Å². The van der Waals surface area contributed by atoms with E-state index in [1.165, 1.54) is 19.2 Å². The van der Waals surface area contributed by atoms with E-state index in [9.17, 15) is 32.3 Å². The lowest BCUT2D eigenvalue weighted by molar-refractivity contribution is -0.224. The summed E-state index contributed by atoms with van der Waals surface area (Å²) in [5.41, 5.74) is -3.73. The summed E-state index contributed by atoms with van der Waals surface area (Å²) in [5.74, 6) is -7.84. The Balaban J connectivity index is 6.41. The summed E-state index contributed by atoms with van der Waals surface area (Å²) >= 11 is 0. The van der Waals surface area contributed by atoms with Gasteiger partial charge >= 0.3 is 12.1 Å². The van der Waals surface area contributed by atoms with Crippen LogP contribution >= 0.6 is 0 Å². The molecule has 0 aromatic heterocycles. The molecule has 6 nitrogen and oxygen atoms in total. The van der Waals surface area contributed by atoms with Crippen LogP contribution in [0.3, 0.4) is 0 Å². The number of Topliss-reactive ketones (excluding diaryl/α,β-unsaturated/α-hetero) is 2. The molecule has 0 aromatic carbocycles. The zero-order valence-corrected chi connectivity index (χ0v) is 12.7. The third-order valence-corrected chi connectivity index (χ3v) is 2.95. The molecule has 0 spiro atoms. The van der Waals surface area contributed by atoms with Crippen molar-refractivity contribution < 1.29 is 37.1 Å². The molecule has 126 valence electrons. The highest BCUT2D eigenvalue weighted by Gasteiger charge is 2.69. The maximum absolute atomic E-state index is 13.6. The van der Waals surface area contributed by atoms with E-state index in [4.69, 9.17) is 0 Å². The molecular formula is C13H18F3NO5. The number of halogens is 3. The molecule has 0 aliphatic carbocycles. The number of ketones is 2. The van der Waals surface area contributed by atoms with E-state index in [2.05, 4.69) is 4.74 Å². The van der Waals surface area contributed by atoms with E-state index in [0.717, 1.165) is 13.8 Å². The lowest BCUT2D eigenvalue weighted by atomic mass is 9.77. The van der Waals surface area contributed by atoms with Gasteiger partial charge in [0.1, 0.15) is 17.5 Å². The Kier molecular flexibility index (Phi) is 6.72. The lowest BCUT2D eigenvalue weighted by Gasteiger charge is -2.37. The number of nitrogens with one attached hydrogen (secondary N) is 1. The number of alkyl halides is 3.